The van der Waals surface area contributed by atoms with Gasteiger partial charge in [-0.05, 0) is 17.7 Å². The van der Waals surface area contributed by atoms with E-state index in [1.54, 1.807) is 7.11 Å². The molecule has 1 aromatic carbocycles. The first-order valence-electron chi connectivity index (χ1n) is 4.59. The number of rotatable bonds is 5. The van der Waals surface area contributed by atoms with Crippen molar-refractivity contribution >= 4 is 0 Å². The zero-order chi connectivity index (χ0) is 12.0. The van der Waals surface area contributed by atoms with Gasteiger partial charge in [0, 0.05) is 6.54 Å². The van der Waals surface area contributed by atoms with Crippen molar-refractivity contribution in [2.24, 2.45) is 5.73 Å². The lowest BCUT2D eigenvalue weighted by Gasteiger charge is -2.05. The summed E-state index contributed by atoms with van der Waals surface area (Å²) in [5.74, 6) is 0.790. The molecule has 0 fully saturated rings. The van der Waals surface area contributed by atoms with Crippen LogP contribution >= 0.6 is 0 Å². The maximum Gasteiger partial charge on any atom is 0.273 e. The van der Waals surface area contributed by atoms with Crippen molar-refractivity contribution in [3.63, 3.8) is 0 Å². The van der Waals surface area contributed by atoms with Crippen LogP contribution in [0.1, 0.15) is 5.56 Å². The van der Waals surface area contributed by atoms with Gasteiger partial charge in [0.2, 0.25) is 0 Å². The highest BCUT2D eigenvalue weighted by atomic mass is 16.6. The minimum absolute atomic E-state index is 0.0285. The quantitative estimate of drug-likeness (QED) is 0.569. The molecule has 0 aliphatic rings. The number of nitrogens with two attached hydrogens (primary N) is 1. The van der Waals surface area contributed by atoms with Crippen LogP contribution in [-0.2, 0) is 6.54 Å². The molecule has 3 N–H and O–H groups in total. The highest BCUT2D eigenvalue weighted by molar-refractivity contribution is 5.27. The van der Waals surface area contributed by atoms with Gasteiger partial charge >= 0.3 is 0 Å². The van der Waals surface area contributed by atoms with Gasteiger partial charge in [0.05, 0.1) is 12.0 Å². The van der Waals surface area contributed by atoms with Crippen LogP contribution < -0.4 is 15.8 Å². The lowest BCUT2D eigenvalue weighted by Crippen LogP contribution is -2.20. The number of hydrogen-bond donors (Lipinski definition) is 2. The minimum Gasteiger partial charge on any atom is -0.497 e. The summed E-state index contributed by atoms with van der Waals surface area (Å²) in [6, 6.07) is 7.32. The second-order valence-corrected chi connectivity index (χ2v) is 3.07. The van der Waals surface area contributed by atoms with Crippen LogP contribution in [0.4, 0.5) is 0 Å². The molecule has 0 atom stereocenters. The number of nitrogens with zero attached hydrogens (tertiary/aromatic N) is 1. The van der Waals surface area contributed by atoms with E-state index in [9.17, 15) is 10.1 Å². The average Bonchev–Trinajstić information content (AvgIpc) is 2.26. The SMILES string of the molecule is COc1ccc(CN/C(N)=C/[N+](=O)[O-])cc1. The molecule has 0 saturated carbocycles. The second-order valence-electron chi connectivity index (χ2n) is 3.07. The van der Waals surface area contributed by atoms with Gasteiger partial charge < -0.3 is 15.8 Å². The Bertz CT molecular complexity index is 387. The van der Waals surface area contributed by atoms with E-state index in [0.717, 1.165) is 17.5 Å². The first-order valence-corrected chi connectivity index (χ1v) is 4.59. The molecule has 0 aromatic heterocycles. The smallest absolute Gasteiger partial charge is 0.273 e. The van der Waals surface area contributed by atoms with Crippen LogP contribution in [0.25, 0.3) is 0 Å². The number of benzene rings is 1. The molecule has 0 amide bonds. The van der Waals surface area contributed by atoms with E-state index in [2.05, 4.69) is 5.32 Å². The first-order chi connectivity index (χ1) is 7.61. The van der Waals surface area contributed by atoms with E-state index < -0.39 is 4.92 Å². The van der Waals surface area contributed by atoms with E-state index in [4.69, 9.17) is 10.5 Å². The maximum absolute atomic E-state index is 10.1. The lowest BCUT2D eigenvalue weighted by atomic mass is 10.2. The van der Waals surface area contributed by atoms with E-state index in [1.807, 2.05) is 24.3 Å². The molecule has 0 aliphatic carbocycles. The van der Waals surface area contributed by atoms with Crippen molar-refractivity contribution in [3.05, 3.63) is 52.0 Å². The Balaban J connectivity index is 2.51. The monoisotopic (exact) mass is 223 g/mol. The van der Waals surface area contributed by atoms with Crippen molar-refractivity contribution in [3.8, 4) is 5.75 Å². The summed E-state index contributed by atoms with van der Waals surface area (Å²) in [7, 11) is 1.59. The Morgan fingerprint density at radius 3 is 2.69 bits per heavy atom. The minimum atomic E-state index is -0.601. The van der Waals surface area contributed by atoms with E-state index in [1.165, 1.54) is 0 Å². The van der Waals surface area contributed by atoms with Crippen LogP contribution in [0.5, 0.6) is 5.75 Å². The predicted octanol–water partition coefficient (Wildman–Crippen LogP) is 0.819. The van der Waals surface area contributed by atoms with Gasteiger partial charge in [0.25, 0.3) is 6.20 Å². The van der Waals surface area contributed by atoms with Crippen molar-refractivity contribution in [1.82, 2.24) is 5.32 Å². The van der Waals surface area contributed by atoms with E-state index in [0.29, 0.717) is 6.54 Å². The molecule has 6 nitrogen and oxygen atoms in total. The summed E-state index contributed by atoms with van der Waals surface area (Å²) in [5.41, 5.74) is 6.32. The van der Waals surface area contributed by atoms with Gasteiger partial charge in [-0.25, -0.2) is 0 Å². The van der Waals surface area contributed by atoms with Gasteiger partial charge in [0.1, 0.15) is 5.75 Å². The maximum atomic E-state index is 10.1. The zero-order valence-corrected chi connectivity index (χ0v) is 8.84. The Morgan fingerprint density at radius 2 is 2.19 bits per heavy atom. The molecular formula is C10H13N3O3. The fourth-order valence-corrected chi connectivity index (χ4v) is 1.11. The summed E-state index contributed by atoms with van der Waals surface area (Å²) < 4.78 is 5.00. The van der Waals surface area contributed by atoms with E-state index in [-0.39, 0.29) is 5.82 Å². The van der Waals surface area contributed by atoms with Gasteiger partial charge in [0.15, 0.2) is 5.82 Å². The topological polar surface area (TPSA) is 90.4 Å². The molecule has 0 heterocycles. The van der Waals surface area contributed by atoms with Crippen LogP contribution in [0.15, 0.2) is 36.3 Å². The molecule has 0 bridgehead atoms. The normalized spacial score (nSPS) is 10.9. The van der Waals surface area contributed by atoms with E-state index >= 15 is 0 Å². The first kappa shape index (κ1) is 11.8. The van der Waals surface area contributed by atoms with Crippen molar-refractivity contribution in [2.75, 3.05) is 7.11 Å². The molecule has 0 saturated heterocycles. The summed E-state index contributed by atoms with van der Waals surface area (Å²) in [6.45, 7) is 0.431. The van der Waals surface area contributed by atoms with Crippen molar-refractivity contribution < 1.29 is 9.66 Å². The third-order valence-electron chi connectivity index (χ3n) is 1.90. The number of hydrogen-bond acceptors (Lipinski definition) is 5. The summed E-state index contributed by atoms with van der Waals surface area (Å²) in [5, 5.41) is 12.8. The predicted molar refractivity (Wildman–Crippen MR) is 59.1 cm³/mol. The number of nitro groups is 1. The van der Waals surface area contributed by atoms with Gasteiger partial charge in [-0.1, -0.05) is 12.1 Å². The Kier molecular flexibility index (Phi) is 4.14. The number of nitrogens with one attached hydrogen (secondary N) is 1. The van der Waals surface area contributed by atoms with Gasteiger partial charge in [-0.2, -0.15) is 0 Å². The Morgan fingerprint density at radius 1 is 1.56 bits per heavy atom. The Labute approximate surface area is 92.9 Å². The third-order valence-corrected chi connectivity index (χ3v) is 1.90. The third kappa shape index (κ3) is 3.87. The van der Waals surface area contributed by atoms with Crippen molar-refractivity contribution in [1.29, 1.82) is 0 Å². The second kappa shape index (κ2) is 5.59. The lowest BCUT2D eigenvalue weighted by molar-refractivity contribution is -0.403. The van der Waals surface area contributed by atoms with Gasteiger partial charge in [-0.3, -0.25) is 10.1 Å². The highest BCUT2D eigenvalue weighted by Crippen LogP contribution is 2.10. The standard InChI is InChI=1S/C10H13N3O3/c1-16-9-4-2-8(3-5-9)6-12-10(11)7-13(14)15/h2-5,7,12H,6,11H2,1H3/b10-7+. The molecule has 1 rings (SSSR count). The van der Waals surface area contributed by atoms with Gasteiger partial charge in [-0.15, -0.1) is 0 Å². The van der Waals surface area contributed by atoms with Crippen LogP contribution in [-0.4, -0.2) is 12.0 Å². The Hall–Kier alpha value is -2.24. The number of methoxy groups -OCH3 is 1. The molecule has 0 unspecified atom stereocenters. The molecule has 1 aromatic rings. The molecule has 86 valence electrons. The molecule has 16 heavy (non-hydrogen) atoms. The largest absolute Gasteiger partial charge is 0.497 e. The number of ether oxygens (including phenoxy) is 1. The zero-order valence-electron chi connectivity index (χ0n) is 8.84. The van der Waals surface area contributed by atoms with Crippen LogP contribution in [0, 0.1) is 10.1 Å². The summed E-state index contributed by atoms with van der Waals surface area (Å²) in [6.07, 6.45) is 0.726. The highest BCUT2D eigenvalue weighted by Gasteiger charge is 1.98. The summed E-state index contributed by atoms with van der Waals surface area (Å²) >= 11 is 0. The molecule has 6 heteroatoms. The molecule has 0 radical (unpaired) electrons. The molecule has 0 spiro atoms. The van der Waals surface area contributed by atoms with Crippen LogP contribution in [0.3, 0.4) is 0 Å². The molecule has 0 aliphatic heterocycles. The fourth-order valence-electron chi connectivity index (χ4n) is 1.11. The molecular weight excluding hydrogens is 210 g/mol. The summed E-state index contributed by atoms with van der Waals surface area (Å²) in [4.78, 5) is 9.50. The van der Waals surface area contributed by atoms with Crippen molar-refractivity contribution in [2.45, 2.75) is 6.54 Å². The van der Waals surface area contributed by atoms with Crippen LogP contribution in [0.2, 0.25) is 0 Å². The fraction of sp³-hybridized carbons (Fsp3) is 0.200. The average molecular weight is 223 g/mol.